The lowest BCUT2D eigenvalue weighted by molar-refractivity contribution is 0.0124. The molecule has 29 heavy (non-hydrogen) atoms. The van der Waals surface area contributed by atoms with Gasteiger partial charge in [0.15, 0.2) is 0 Å². The van der Waals surface area contributed by atoms with Crippen LogP contribution in [0.2, 0.25) is 0 Å². The van der Waals surface area contributed by atoms with Gasteiger partial charge in [0.05, 0.1) is 22.5 Å². The summed E-state index contributed by atoms with van der Waals surface area (Å²) in [5, 5.41) is 11.2. The van der Waals surface area contributed by atoms with Crippen LogP contribution < -0.4 is 0 Å². The van der Waals surface area contributed by atoms with Crippen LogP contribution in [0, 0.1) is 5.82 Å². The molecule has 1 aliphatic heterocycles. The lowest BCUT2D eigenvalue weighted by Gasteiger charge is -2.38. The molecular weight excluding hydrogens is 377 g/mol. The third-order valence-corrected chi connectivity index (χ3v) is 5.09. The number of likely N-dealkylation sites (tertiary alicyclic amines) is 1. The summed E-state index contributed by atoms with van der Waals surface area (Å²) in [6.07, 6.45) is 2.68. The number of H-pyrrole nitrogens is 1. The standard InChI is InChI=1S/C20H24FN5O3/c1-19(2,3)28-18(27)26-9-5-8-20(4,11-26)17-23-16(25-29-17)12-6-7-14(21)13-10-22-24-15(12)13/h6-7,10H,5,8-9,11H2,1-4H3,(H,22,24)/t20-/m1/s1. The summed E-state index contributed by atoms with van der Waals surface area (Å²) >= 11 is 0. The molecule has 0 spiro atoms. The van der Waals surface area contributed by atoms with Crippen molar-refractivity contribution in [1.29, 1.82) is 0 Å². The van der Waals surface area contributed by atoms with Crippen LogP contribution in [0.4, 0.5) is 9.18 Å². The van der Waals surface area contributed by atoms with Gasteiger partial charge in [0.1, 0.15) is 11.4 Å². The van der Waals surface area contributed by atoms with E-state index in [9.17, 15) is 9.18 Å². The molecule has 1 aliphatic rings. The quantitative estimate of drug-likeness (QED) is 0.696. The van der Waals surface area contributed by atoms with E-state index >= 15 is 0 Å². The number of carbonyl (C=O) groups excluding carboxylic acids is 1. The lowest BCUT2D eigenvalue weighted by Crippen LogP contribution is -2.48. The molecule has 0 radical (unpaired) electrons. The third-order valence-electron chi connectivity index (χ3n) is 5.09. The topological polar surface area (TPSA) is 97.1 Å². The molecule has 4 rings (SSSR count). The van der Waals surface area contributed by atoms with Crippen LogP contribution >= 0.6 is 0 Å². The van der Waals surface area contributed by atoms with Crippen molar-refractivity contribution in [3.63, 3.8) is 0 Å². The minimum atomic E-state index is -0.555. The fraction of sp³-hybridized carbons (Fsp3) is 0.500. The first kappa shape index (κ1) is 19.4. The van der Waals surface area contributed by atoms with Gasteiger partial charge in [0.2, 0.25) is 11.7 Å². The summed E-state index contributed by atoms with van der Waals surface area (Å²) in [4.78, 5) is 18.8. The highest BCUT2D eigenvalue weighted by atomic mass is 19.1. The maximum atomic E-state index is 13.9. The SMILES string of the molecule is CC(C)(C)OC(=O)N1CCC[C@@](C)(c2nc(-c3ccc(F)c4cn[nH]c34)no2)C1. The summed E-state index contributed by atoms with van der Waals surface area (Å²) in [5.41, 5.74) is 0.0765. The van der Waals surface area contributed by atoms with Gasteiger partial charge in [-0.2, -0.15) is 10.1 Å². The second-order valence-corrected chi connectivity index (χ2v) is 8.74. The number of benzene rings is 1. The first-order chi connectivity index (χ1) is 13.7. The maximum Gasteiger partial charge on any atom is 0.410 e. The molecule has 0 saturated carbocycles. The Balaban J connectivity index is 1.60. The van der Waals surface area contributed by atoms with E-state index in [2.05, 4.69) is 20.3 Å². The lowest BCUT2D eigenvalue weighted by atomic mass is 9.82. The minimum Gasteiger partial charge on any atom is -0.444 e. The highest BCUT2D eigenvalue weighted by molar-refractivity contribution is 5.91. The molecule has 3 heterocycles. The highest BCUT2D eigenvalue weighted by Gasteiger charge is 2.40. The number of hydrogen-bond acceptors (Lipinski definition) is 6. The molecule has 9 heteroatoms. The largest absolute Gasteiger partial charge is 0.444 e. The van der Waals surface area contributed by atoms with Gasteiger partial charge in [-0.3, -0.25) is 5.10 Å². The van der Waals surface area contributed by atoms with Crippen LogP contribution in [-0.2, 0) is 10.2 Å². The Bertz CT molecular complexity index is 1050. The molecule has 1 amide bonds. The number of rotatable bonds is 2. The first-order valence-electron chi connectivity index (χ1n) is 9.60. The molecular formula is C20H24FN5O3. The monoisotopic (exact) mass is 401 g/mol. The molecule has 0 bridgehead atoms. The maximum absolute atomic E-state index is 13.9. The number of aromatic amines is 1. The van der Waals surface area contributed by atoms with Crippen LogP contribution in [0.1, 0.15) is 46.4 Å². The number of aromatic nitrogens is 4. The second-order valence-electron chi connectivity index (χ2n) is 8.74. The van der Waals surface area contributed by atoms with E-state index in [4.69, 9.17) is 9.26 Å². The summed E-state index contributed by atoms with van der Waals surface area (Å²) in [7, 11) is 0. The molecule has 8 nitrogen and oxygen atoms in total. The zero-order valence-corrected chi connectivity index (χ0v) is 17.0. The van der Waals surface area contributed by atoms with Crippen molar-refractivity contribution < 1.29 is 18.4 Å². The zero-order chi connectivity index (χ0) is 20.8. The number of fused-ring (bicyclic) bond motifs is 1. The fourth-order valence-electron chi connectivity index (χ4n) is 3.66. The van der Waals surface area contributed by atoms with Gasteiger partial charge in [-0.1, -0.05) is 5.16 Å². The van der Waals surface area contributed by atoms with Gasteiger partial charge >= 0.3 is 6.09 Å². The Morgan fingerprint density at radius 1 is 1.38 bits per heavy atom. The minimum absolute atomic E-state index is 0.346. The van der Waals surface area contributed by atoms with Crippen molar-refractivity contribution in [1.82, 2.24) is 25.2 Å². The fourth-order valence-corrected chi connectivity index (χ4v) is 3.66. The predicted octanol–water partition coefficient (Wildman–Crippen LogP) is 4.04. The molecule has 1 fully saturated rings. The number of amides is 1. The molecule has 154 valence electrons. The summed E-state index contributed by atoms with van der Waals surface area (Å²) < 4.78 is 25.0. The van der Waals surface area contributed by atoms with Gasteiger partial charge in [0.25, 0.3) is 0 Å². The number of piperidine rings is 1. The number of nitrogens with one attached hydrogen (secondary N) is 1. The van der Waals surface area contributed by atoms with Crippen molar-refractivity contribution >= 4 is 17.0 Å². The number of halogens is 1. The van der Waals surface area contributed by atoms with E-state index in [1.807, 2.05) is 27.7 Å². The number of hydrogen-bond donors (Lipinski definition) is 1. The van der Waals surface area contributed by atoms with Crippen LogP contribution in [0.3, 0.4) is 0 Å². The molecule has 1 N–H and O–H groups in total. The van der Waals surface area contributed by atoms with Crippen molar-refractivity contribution in [2.75, 3.05) is 13.1 Å². The summed E-state index contributed by atoms with van der Waals surface area (Å²) in [5.74, 6) is 0.427. The van der Waals surface area contributed by atoms with Crippen molar-refractivity contribution in [3.8, 4) is 11.4 Å². The van der Waals surface area contributed by atoms with E-state index in [1.54, 1.807) is 11.0 Å². The van der Waals surface area contributed by atoms with Gasteiger partial charge in [-0.25, -0.2) is 9.18 Å². The average Bonchev–Trinajstić information content (AvgIpc) is 3.31. The Morgan fingerprint density at radius 2 is 2.17 bits per heavy atom. The first-order valence-corrected chi connectivity index (χ1v) is 9.60. The van der Waals surface area contributed by atoms with Crippen LogP contribution in [0.25, 0.3) is 22.3 Å². The molecule has 0 aliphatic carbocycles. The molecule has 1 aromatic carbocycles. The summed E-state index contributed by atoms with van der Waals surface area (Å²) in [6.45, 7) is 8.58. The van der Waals surface area contributed by atoms with E-state index in [1.165, 1.54) is 12.3 Å². The Labute approximate surface area is 167 Å². The molecule has 0 unspecified atom stereocenters. The van der Waals surface area contributed by atoms with Crippen LogP contribution in [0.15, 0.2) is 22.9 Å². The summed E-state index contributed by atoms with van der Waals surface area (Å²) in [6, 6.07) is 2.95. The van der Waals surface area contributed by atoms with Gasteiger partial charge < -0.3 is 14.2 Å². The van der Waals surface area contributed by atoms with Crippen molar-refractivity contribution in [2.24, 2.45) is 0 Å². The van der Waals surface area contributed by atoms with E-state index in [-0.39, 0.29) is 11.9 Å². The highest BCUT2D eigenvalue weighted by Crippen LogP contribution is 2.35. The normalized spacial score (nSPS) is 20.2. The Kier molecular flexibility index (Phi) is 4.55. The van der Waals surface area contributed by atoms with Gasteiger partial charge in [-0.15, -0.1) is 0 Å². The number of nitrogens with zero attached hydrogens (tertiary/aromatic N) is 4. The van der Waals surface area contributed by atoms with E-state index < -0.39 is 11.0 Å². The second kappa shape index (κ2) is 6.82. The molecule has 1 saturated heterocycles. The number of carbonyl (C=O) groups is 1. The van der Waals surface area contributed by atoms with E-state index in [0.717, 1.165) is 12.8 Å². The Hall–Kier alpha value is -2.97. The van der Waals surface area contributed by atoms with Crippen LogP contribution in [0.5, 0.6) is 0 Å². The van der Waals surface area contributed by atoms with Gasteiger partial charge in [-0.05, 0) is 52.7 Å². The third kappa shape index (κ3) is 3.68. The molecule has 2 aromatic heterocycles. The van der Waals surface area contributed by atoms with Crippen LogP contribution in [-0.4, -0.2) is 50.0 Å². The molecule has 3 aromatic rings. The van der Waals surface area contributed by atoms with Crippen molar-refractivity contribution in [3.05, 3.63) is 30.0 Å². The predicted molar refractivity (Wildman–Crippen MR) is 104 cm³/mol. The average molecular weight is 401 g/mol. The van der Waals surface area contributed by atoms with E-state index in [0.29, 0.717) is 41.3 Å². The van der Waals surface area contributed by atoms with Crippen molar-refractivity contribution in [2.45, 2.75) is 51.6 Å². The number of ether oxygens (including phenoxy) is 1. The zero-order valence-electron chi connectivity index (χ0n) is 17.0. The Morgan fingerprint density at radius 3 is 2.93 bits per heavy atom. The molecule has 1 atom stereocenters. The van der Waals surface area contributed by atoms with Gasteiger partial charge in [0, 0.05) is 18.7 Å². The smallest absolute Gasteiger partial charge is 0.410 e.